The fourth-order valence-corrected chi connectivity index (χ4v) is 4.77. The van der Waals surface area contributed by atoms with Crippen LogP contribution in [0.1, 0.15) is 49.1 Å². The van der Waals surface area contributed by atoms with Gasteiger partial charge in [0.2, 0.25) is 0 Å². The number of hydrogen-bond acceptors (Lipinski definition) is 5. The average molecular weight is 419 g/mol. The molecule has 2 atom stereocenters. The Bertz CT molecular complexity index is 1280. The Morgan fingerprint density at radius 1 is 1.13 bits per heavy atom. The maximum atomic E-state index is 15.2. The van der Waals surface area contributed by atoms with E-state index in [1.54, 1.807) is 10.6 Å². The lowest BCUT2D eigenvalue weighted by Crippen LogP contribution is -2.38. The lowest BCUT2D eigenvalue weighted by molar-refractivity contribution is 0.163. The second kappa shape index (κ2) is 7.64. The second-order valence-corrected chi connectivity index (χ2v) is 8.79. The number of benzene rings is 1. The number of nitrogens with zero attached hydrogens (tertiary/aromatic N) is 6. The number of rotatable bonds is 3. The smallest absolute Gasteiger partial charge is 0.156 e. The summed E-state index contributed by atoms with van der Waals surface area (Å²) in [5.74, 6) is 0.0401. The number of piperidine rings is 1. The molecular formula is C24H27FN6. The van der Waals surface area contributed by atoms with E-state index in [-0.39, 0.29) is 5.82 Å². The van der Waals surface area contributed by atoms with Gasteiger partial charge in [0, 0.05) is 22.9 Å². The van der Waals surface area contributed by atoms with Crippen molar-refractivity contribution in [3.63, 3.8) is 0 Å². The van der Waals surface area contributed by atoms with Gasteiger partial charge < -0.3 is 4.90 Å². The molecule has 1 fully saturated rings. The van der Waals surface area contributed by atoms with Gasteiger partial charge in [0.1, 0.15) is 5.82 Å². The minimum atomic E-state index is -0.287. The average Bonchev–Trinajstić information content (AvgIpc) is 3.14. The summed E-state index contributed by atoms with van der Waals surface area (Å²) < 4.78 is 16.9. The molecule has 4 heterocycles. The largest absolute Gasteiger partial charge is 0.303 e. The Kier molecular flexibility index (Phi) is 4.93. The first-order valence-electron chi connectivity index (χ1n) is 10.9. The molecule has 1 aromatic carbocycles. The van der Waals surface area contributed by atoms with Crippen molar-refractivity contribution in [2.75, 3.05) is 13.6 Å². The number of imidazole rings is 1. The van der Waals surface area contributed by atoms with Crippen LogP contribution in [0.3, 0.4) is 0 Å². The van der Waals surface area contributed by atoms with Gasteiger partial charge in [-0.2, -0.15) is 15.3 Å². The van der Waals surface area contributed by atoms with Crippen LogP contribution in [0, 0.1) is 19.7 Å². The second-order valence-electron chi connectivity index (χ2n) is 8.79. The minimum Gasteiger partial charge on any atom is -0.303 e. The first-order valence-corrected chi connectivity index (χ1v) is 10.9. The summed E-state index contributed by atoms with van der Waals surface area (Å²) >= 11 is 0. The maximum Gasteiger partial charge on any atom is 0.156 e. The quantitative estimate of drug-likeness (QED) is 0.483. The van der Waals surface area contributed by atoms with Crippen LogP contribution in [0.15, 0.2) is 30.5 Å². The van der Waals surface area contributed by atoms with Crippen molar-refractivity contribution in [3.05, 3.63) is 53.2 Å². The van der Waals surface area contributed by atoms with Gasteiger partial charge in [0.25, 0.3) is 0 Å². The van der Waals surface area contributed by atoms with E-state index in [1.807, 2.05) is 38.2 Å². The number of aromatic nitrogens is 5. The van der Waals surface area contributed by atoms with E-state index in [9.17, 15) is 0 Å². The zero-order valence-electron chi connectivity index (χ0n) is 18.4. The van der Waals surface area contributed by atoms with E-state index in [1.165, 1.54) is 0 Å². The van der Waals surface area contributed by atoms with E-state index in [0.29, 0.717) is 34.1 Å². The lowest BCUT2D eigenvalue weighted by Gasteiger charge is -2.36. The fraction of sp³-hybridized carbons (Fsp3) is 0.417. The third-order valence-corrected chi connectivity index (χ3v) is 6.60. The normalized spacial score (nSPS) is 20.0. The number of likely N-dealkylation sites (tertiary alicyclic amines) is 1. The minimum absolute atomic E-state index is 0.287. The zero-order chi connectivity index (χ0) is 21.7. The molecule has 5 rings (SSSR count). The van der Waals surface area contributed by atoms with Crippen LogP contribution in [0.4, 0.5) is 4.39 Å². The number of fused-ring (bicyclic) bond motifs is 2. The van der Waals surface area contributed by atoms with Crippen LogP contribution in [0.5, 0.6) is 0 Å². The summed E-state index contributed by atoms with van der Waals surface area (Å²) in [5, 5.41) is 14.1. The summed E-state index contributed by atoms with van der Waals surface area (Å²) in [7, 11) is 2.18. The topological polar surface area (TPSA) is 59.2 Å². The molecule has 160 valence electrons. The monoisotopic (exact) mass is 418 g/mol. The third kappa shape index (κ3) is 3.57. The van der Waals surface area contributed by atoms with Crippen molar-refractivity contribution in [1.82, 2.24) is 29.7 Å². The zero-order valence-corrected chi connectivity index (χ0v) is 18.4. The fourth-order valence-electron chi connectivity index (χ4n) is 4.77. The number of halogens is 1. The molecule has 6 nitrogen and oxygen atoms in total. The summed E-state index contributed by atoms with van der Waals surface area (Å²) in [4.78, 5) is 6.89. The molecule has 1 saturated heterocycles. The Balaban J connectivity index is 1.53. The van der Waals surface area contributed by atoms with Crippen molar-refractivity contribution in [3.8, 4) is 11.3 Å². The molecule has 0 bridgehead atoms. The van der Waals surface area contributed by atoms with Gasteiger partial charge in [-0.15, -0.1) is 0 Å². The molecule has 0 aliphatic carbocycles. The van der Waals surface area contributed by atoms with E-state index < -0.39 is 0 Å². The SMILES string of the molecule is CC[C@@H]1CC(c2cc3c(F)cc(-c4cc(C)c5nc(C)cn5n4)cc3nn2)CCN1C. The van der Waals surface area contributed by atoms with E-state index >= 15 is 4.39 Å². The molecule has 0 N–H and O–H groups in total. The van der Waals surface area contributed by atoms with Crippen LogP contribution in [0.25, 0.3) is 27.8 Å². The third-order valence-electron chi connectivity index (χ3n) is 6.60. The molecule has 0 amide bonds. The molecule has 7 heteroatoms. The lowest BCUT2D eigenvalue weighted by atomic mass is 9.87. The predicted molar refractivity (Wildman–Crippen MR) is 120 cm³/mol. The maximum absolute atomic E-state index is 15.2. The molecule has 31 heavy (non-hydrogen) atoms. The van der Waals surface area contributed by atoms with Gasteiger partial charge in [-0.05, 0) is 76.5 Å². The Morgan fingerprint density at radius 2 is 1.97 bits per heavy atom. The van der Waals surface area contributed by atoms with Gasteiger partial charge in [0.05, 0.1) is 28.8 Å². The summed E-state index contributed by atoms with van der Waals surface area (Å²) in [6, 6.07) is 7.79. The van der Waals surface area contributed by atoms with Crippen LogP contribution >= 0.6 is 0 Å². The number of hydrogen-bond donors (Lipinski definition) is 0. The van der Waals surface area contributed by atoms with Gasteiger partial charge in [-0.3, -0.25) is 0 Å². The molecule has 1 aliphatic rings. The van der Waals surface area contributed by atoms with Gasteiger partial charge in [0.15, 0.2) is 5.65 Å². The van der Waals surface area contributed by atoms with Gasteiger partial charge >= 0.3 is 0 Å². The standard InChI is InChI=1S/C24H27FN6/c1-5-18-9-16(6-7-30(18)4)21-12-19-20(25)10-17(11-23(19)28-27-21)22-8-14(2)24-26-15(3)13-31(24)29-22/h8,10-13,16,18H,5-7,9H2,1-4H3/t16?,18-/m1/s1. The highest BCUT2D eigenvalue weighted by Gasteiger charge is 2.27. The molecule has 1 aliphatic heterocycles. The molecule has 0 saturated carbocycles. The van der Waals surface area contributed by atoms with Crippen molar-refractivity contribution in [2.45, 2.75) is 52.0 Å². The number of aryl methyl sites for hydroxylation is 2. The summed E-state index contributed by atoms with van der Waals surface area (Å²) in [5.41, 5.74) is 5.54. The van der Waals surface area contributed by atoms with Gasteiger partial charge in [-0.1, -0.05) is 6.92 Å². The molecule has 3 aromatic heterocycles. The van der Waals surface area contributed by atoms with Crippen molar-refractivity contribution >= 4 is 16.6 Å². The van der Waals surface area contributed by atoms with Crippen LogP contribution < -0.4 is 0 Å². The van der Waals surface area contributed by atoms with Crippen molar-refractivity contribution < 1.29 is 4.39 Å². The van der Waals surface area contributed by atoms with E-state index in [4.69, 9.17) is 0 Å². The Hall–Kier alpha value is -2.93. The molecule has 0 spiro atoms. The highest BCUT2D eigenvalue weighted by atomic mass is 19.1. The predicted octanol–water partition coefficient (Wildman–Crippen LogP) is 4.68. The molecule has 4 aromatic rings. The molecule has 0 radical (unpaired) electrons. The highest BCUT2D eigenvalue weighted by molar-refractivity contribution is 5.84. The van der Waals surface area contributed by atoms with E-state index in [2.05, 4.69) is 39.2 Å². The van der Waals surface area contributed by atoms with Crippen LogP contribution in [-0.4, -0.2) is 49.3 Å². The molecule has 1 unspecified atom stereocenters. The summed E-state index contributed by atoms with van der Waals surface area (Å²) in [6.45, 7) is 7.17. The summed E-state index contributed by atoms with van der Waals surface area (Å²) in [6.07, 6.45) is 5.06. The van der Waals surface area contributed by atoms with Crippen molar-refractivity contribution in [2.24, 2.45) is 0 Å². The van der Waals surface area contributed by atoms with E-state index in [0.717, 1.165) is 48.4 Å². The highest BCUT2D eigenvalue weighted by Crippen LogP contribution is 2.33. The van der Waals surface area contributed by atoms with Gasteiger partial charge in [-0.25, -0.2) is 13.9 Å². The first-order chi connectivity index (χ1) is 14.9. The first kappa shape index (κ1) is 20.0. The molecular weight excluding hydrogens is 391 g/mol. The Labute approximate surface area is 181 Å². The Morgan fingerprint density at radius 3 is 2.77 bits per heavy atom. The van der Waals surface area contributed by atoms with Crippen molar-refractivity contribution in [1.29, 1.82) is 0 Å². The van der Waals surface area contributed by atoms with Crippen LogP contribution in [-0.2, 0) is 0 Å². The van der Waals surface area contributed by atoms with Crippen LogP contribution in [0.2, 0.25) is 0 Å².